The normalized spacial score (nSPS) is 34.9. The minimum Gasteiger partial charge on any atom is -0.377 e. The minimum absolute atomic E-state index is 0.233. The van der Waals surface area contributed by atoms with Crippen molar-refractivity contribution in [1.82, 2.24) is 0 Å². The van der Waals surface area contributed by atoms with Crippen molar-refractivity contribution in [3.05, 3.63) is 12.2 Å². The van der Waals surface area contributed by atoms with Crippen LogP contribution in [0.5, 0.6) is 0 Å². The van der Waals surface area contributed by atoms with Gasteiger partial charge in [0.15, 0.2) is 0 Å². The smallest absolute Gasteiger partial charge is 0.0753 e. The van der Waals surface area contributed by atoms with Crippen LogP contribution in [0.1, 0.15) is 12.8 Å². The van der Waals surface area contributed by atoms with Gasteiger partial charge in [0, 0.05) is 7.11 Å². The van der Waals surface area contributed by atoms with Crippen LogP contribution in [-0.4, -0.2) is 18.6 Å². The maximum absolute atomic E-state index is 5.80. The number of hydrogen-bond donors (Lipinski definition) is 0. The van der Waals surface area contributed by atoms with Gasteiger partial charge in [-0.05, 0) is 12.8 Å². The lowest BCUT2D eigenvalue weighted by Crippen LogP contribution is -2.14. The summed E-state index contributed by atoms with van der Waals surface area (Å²) in [5.74, 6) is 0. The molecule has 0 saturated carbocycles. The molecule has 0 aromatic heterocycles. The summed E-state index contributed by atoms with van der Waals surface area (Å²) < 4.78 is 5.09. The number of allylic oxidation sites excluding steroid dienone is 1. The highest BCUT2D eigenvalue weighted by atomic mass is 35.5. The number of hydrogen-bond acceptors (Lipinski definition) is 1. The van der Waals surface area contributed by atoms with Crippen LogP contribution in [0.2, 0.25) is 0 Å². The van der Waals surface area contributed by atoms with Crippen molar-refractivity contribution in [3.8, 4) is 0 Å². The quantitative estimate of drug-likeness (QED) is 0.406. The zero-order chi connectivity index (χ0) is 6.69. The summed E-state index contributed by atoms with van der Waals surface area (Å²) in [6.45, 7) is 0. The number of halogens is 1. The number of methoxy groups -OCH3 is 1. The average molecular weight is 147 g/mol. The third-order valence-electron chi connectivity index (χ3n) is 1.56. The number of rotatable bonds is 1. The van der Waals surface area contributed by atoms with Crippen LogP contribution in [-0.2, 0) is 4.74 Å². The van der Waals surface area contributed by atoms with Gasteiger partial charge >= 0.3 is 0 Å². The Kier molecular flexibility index (Phi) is 2.55. The van der Waals surface area contributed by atoms with Gasteiger partial charge in [0.2, 0.25) is 0 Å². The number of ether oxygens (including phenoxy) is 1. The van der Waals surface area contributed by atoms with Crippen molar-refractivity contribution in [2.75, 3.05) is 7.11 Å². The molecule has 1 nitrogen and oxygen atoms in total. The van der Waals surface area contributed by atoms with Gasteiger partial charge in [-0.1, -0.05) is 12.2 Å². The average Bonchev–Trinajstić information content (AvgIpc) is 1.90. The lowest BCUT2D eigenvalue weighted by atomic mass is 10.1. The molecule has 0 N–H and O–H groups in total. The third-order valence-corrected chi connectivity index (χ3v) is 1.93. The predicted molar refractivity (Wildman–Crippen MR) is 38.8 cm³/mol. The van der Waals surface area contributed by atoms with E-state index >= 15 is 0 Å². The van der Waals surface area contributed by atoms with Crippen LogP contribution in [0.3, 0.4) is 0 Å². The molecule has 1 aliphatic carbocycles. The van der Waals surface area contributed by atoms with Crippen LogP contribution in [0.25, 0.3) is 0 Å². The molecule has 0 spiro atoms. The standard InChI is InChI=1S/C7H11ClO/c1-9-7-4-2-6(8)3-5-7/h2,4,6-7H,3,5H2,1H3/t6-,7-/m0/s1. The van der Waals surface area contributed by atoms with E-state index in [0.29, 0.717) is 6.10 Å². The Morgan fingerprint density at radius 1 is 1.44 bits per heavy atom. The van der Waals surface area contributed by atoms with Crippen molar-refractivity contribution in [2.45, 2.75) is 24.3 Å². The van der Waals surface area contributed by atoms with Gasteiger partial charge in [0.25, 0.3) is 0 Å². The first kappa shape index (κ1) is 7.10. The first-order valence-electron chi connectivity index (χ1n) is 3.18. The van der Waals surface area contributed by atoms with E-state index in [1.165, 1.54) is 0 Å². The zero-order valence-electron chi connectivity index (χ0n) is 5.51. The molecule has 0 unspecified atom stereocenters. The monoisotopic (exact) mass is 146 g/mol. The summed E-state index contributed by atoms with van der Waals surface area (Å²) in [7, 11) is 1.73. The minimum atomic E-state index is 0.233. The summed E-state index contributed by atoms with van der Waals surface area (Å²) in [5.41, 5.74) is 0. The Labute approximate surface area is 60.7 Å². The van der Waals surface area contributed by atoms with Gasteiger partial charge in [-0.3, -0.25) is 0 Å². The van der Waals surface area contributed by atoms with E-state index in [0.717, 1.165) is 12.8 Å². The maximum Gasteiger partial charge on any atom is 0.0753 e. The van der Waals surface area contributed by atoms with E-state index in [-0.39, 0.29) is 5.38 Å². The Morgan fingerprint density at radius 3 is 2.67 bits per heavy atom. The molecule has 0 amide bonds. The molecule has 0 radical (unpaired) electrons. The van der Waals surface area contributed by atoms with Crippen LogP contribution in [0.15, 0.2) is 12.2 Å². The molecule has 52 valence electrons. The van der Waals surface area contributed by atoms with E-state index < -0.39 is 0 Å². The van der Waals surface area contributed by atoms with Crippen molar-refractivity contribution in [1.29, 1.82) is 0 Å². The van der Waals surface area contributed by atoms with Crippen molar-refractivity contribution >= 4 is 11.6 Å². The van der Waals surface area contributed by atoms with Gasteiger partial charge in [-0.25, -0.2) is 0 Å². The van der Waals surface area contributed by atoms with Gasteiger partial charge in [-0.15, -0.1) is 11.6 Å². The van der Waals surface area contributed by atoms with Gasteiger partial charge in [0.1, 0.15) is 0 Å². The Bertz CT molecular complexity index is 111. The van der Waals surface area contributed by atoms with Gasteiger partial charge in [-0.2, -0.15) is 0 Å². The van der Waals surface area contributed by atoms with E-state index in [2.05, 4.69) is 0 Å². The second-order valence-corrected chi connectivity index (χ2v) is 2.81. The highest BCUT2D eigenvalue weighted by Gasteiger charge is 2.11. The molecule has 9 heavy (non-hydrogen) atoms. The molecule has 2 heteroatoms. The molecule has 2 atom stereocenters. The first-order chi connectivity index (χ1) is 4.33. The Hall–Kier alpha value is -0.0100. The molecule has 0 fully saturated rings. The molecule has 0 heterocycles. The van der Waals surface area contributed by atoms with E-state index in [1.807, 2.05) is 12.2 Å². The van der Waals surface area contributed by atoms with E-state index in [1.54, 1.807) is 7.11 Å². The van der Waals surface area contributed by atoms with Crippen molar-refractivity contribution in [3.63, 3.8) is 0 Å². The van der Waals surface area contributed by atoms with Crippen LogP contribution < -0.4 is 0 Å². The first-order valence-corrected chi connectivity index (χ1v) is 3.62. The molecule has 0 aromatic carbocycles. The van der Waals surface area contributed by atoms with Crippen LogP contribution >= 0.6 is 11.6 Å². The molecule has 1 rings (SSSR count). The fraction of sp³-hybridized carbons (Fsp3) is 0.714. The highest BCUT2D eigenvalue weighted by Crippen LogP contribution is 2.17. The summed E-state index contributed by atoms with van der Waals surface area (Å²) >= 11 is 5.80. The molecular formula is C7H11ClO. The molecule has 0 aromatic rings. The summed E-state index contributed by atoms with van der Waals surface area (Å²) in [5, 5.41) is 0.233. The van der Waals surface area contributed by atoms with Crippen LogP contribution in [0, 0.1) is 0 Å². The Morgan fingerprint density at radius 2 is 2.22 bits per heavy atom. The molecular weight excluding hydrogens is 136 g/mol. The summed E-state index contributed by atoms with van der Waals surface area (Å²) in [6.07, 6.45) is 6.43. The summed E-state index contributed by atoms with van der Waals surface area (Å²) in [4.78, 5) is 0. The molecule has 0 aliphatic heterocycles. The van der Waals surface area contributed by atoms with Crippen LogP contribution in [0.4, 0.5) is 0 Å². The highest BCUT2D eigenvalue weighted by molar-refractivity contribution is 6.21. The van der Waals surface area contributed by atoms with E-state index in [9.17, 15) is 0 Å². The predicted octanol–water partition coefficient (Wildman–Crippen LogP) is 1.96. The zero-order valence-corrected chi connectivity index (χ0v) is 6.27. The largest absolute Gasteiger partial charge is 0.377 e. The second kappa shape index (κ2) is 3.23. The fourth-order valence-electron chi connectivity index (χ4n) is 0.957. The maximum atomic E-state index is 5.80. The lowest BCUT2D eigenvalue weighted by Gasteiger charge is -2.16. The Balaban J connectivity index is 2.38. The lowest BCUT2D eigenvalue weighted by molar-refractivity contribution is 0.128. The second-order valence-electron chi connectivity index (χ2n) is 2.25. The topological polar surface area (TPSA) is 9.23 Å². The molecule has 1 aliphatic rings. The third kappa shape index (κ3) is 1.99. The van der Waals surface area contributed by atoms with Gasteiger partial charge < -0.3 is 4.74 Å². The fourth-order valence-corrected chi connectivity index (χ4v) is 1.17. The van der Waals surface area contributed by atoms with Crippen molar-refractivity contribution < 1.29 is 4.74 Å². The van der Waals surface area contributed by atoms with Gasteiger partial charge in [0.05, 0.1) is 11.5 Å². The van der Waals surface area contributed by atoms with Crippen molar-refractivity contribution in [2.24, 2.45) is 0 Å². The van der Waals surface area contributed by atoms with E-state index in [4.69, 9.17) is 16.3 Å². The molecule has 0 bridgehead atoms. The number of alkyl halides is 1. The molecule has 0 saturated heterocycles. The SMILES string of the molecule is CO[C@H]1C=C[C@H](Cl)CC1. The summed E-state index contributed by atoms with van der Waals surface area (Å²) in [6, 6.07) is 0.